The topological polar surface area (TPSA) is 111 Å². The first-order chi connectivity index (χ1) is 21.0. The normalized spacial score (nSPS) is 12.0. The van der Waals surface area contributed by atoms with Gasteiger partial charge in [-0.1, -0.05) is 60.7 Å². The number of nitrogens with zero attached hydrogens (tertiary/aromatic N) is 4. The number of rotatable bonds is 20. The molecular weight excluding hydrogens is 576 g/mol. The minimum atomic E-state index is -3.95. The van der Waals surface area contributed by atoms with Gasteiger partial charge in [-0.25, -0.2) is 13.1 Å². The molecule has 0 radical (unpaired) electrons. The van der Waals surface area contributed by atoms with E-state index in [2.05, 4.69) is 24.7 Å². The molecule has 3 rings (SSSR count). The molecule has 2 N–H and O–H groups in total. The molecule has 0 aromatic heterocycles. The van der Waals surface area contributed by atoms with E-state index in [1.165, 1.54) is 12.1 Å². The Morgan fingerprint density at radius 2 is 1.27 bits per heavy atom. The zero-order valence-corrected chi connectivity index (χ0v) is 27.3. The molecule has 3 aromatic rings. The molecular formula is C33H48N6O4S. The number of benzene rings is 3. The van der Waals surface area contributed by atoms with E-state index in [1.807, 2.05) is 88.9 Å². The average molecular weight is 625 g/mol. The Morgan fingerprint density at radius 3 is 1.75 bits per heavy atom. The lowest BCUT2D eigenvalue weighted by atomic mass is 9.98. The molecule has 10 nitrogen and oxygen atoms in total. The maximum Gasteiger partial charge on any atom is 0.293 e. The van der Waals surface area contributed by atoms with Crippen molar-refractivity contribution in [2.75, 3.05) is 72.8 Å². The SMILES string of the molecule is CN(C)CCCN(CCCN(C)C)CCNS(=O)(=O)c1ccc(NC(Cc2ccccc2)Cc2ccccc2)c([N+](=O)[O-])c1. The molecule has 0 atom stereocenters. The van der Waals surface area contributed by atoms with Crippen LogP contribution < -0.4 is 10.0 Å². The molecule has 0 saturated carbocycles. The summed E-state index contributed by atoms with van der Waals surface area (Å²) in [5.41, 5.74) is 2.22. The Kier molecular flexibility index (Phi) is 14.2. The Labute approximate surface area is 263 Å². The van der Waals surface area contributed by atoms with Crippen molar-refractivity contribution in [1.82, 2.24) is 19.4 Å². The van der Waals surface area contributed by atoms with Crippen LogP contribution in [0, 0.1) is 10.1 Å². The van der Waals surface area contributed by atoms with Gasteiger partial charge in [-0.15, -0.1) is 0 Å². The van der Waals surface area contributed by atoms with Crippen molar-refractivity contribution < 1.29 is 13.3 Å². The monoisotopic (exact) mass is 624 g/mol. The fraction of sp³-hybridized carbons (Fsp3) is 0.455. The molecule has 0 aliphatic carbocycles. The number of anilines is 1. The maximum atomic E-state index is 13.2. The van der Waals surface area contributed by atoms with Gasteiger partial charge in [-0.3, -0.25) is 10.1 Å². The third kappa shape index (κ3) is 12.3. The lowest BCUT2D eigenvalue weighted by Crippen LogP contribution is -2.37. The second-order valence-corrected chi connectivity index (χ2v) is 13.5. The Morgan fingerprint density at radius 1 is 0.750 bits per heavy atom. The van der Waals surface area contributed by atoms with Crippen molar-refractivity contribution in [1.29, 1.82) is 0 Å². The highest BCUT2D eigenvalue weighted by atomic mass is 32.2. The highest BCUT2D eigenvalue weighted by molar-refractivity contribution is 7.89. The summed E-state index contributed by atoms with van der Waals surface area (Å²) >= 11 is 0. The van der Waals surface area contributed by atoms with Crippen LogP contribution in [-0.4, -0.2) is 102 Å². The van der Waals surface area contributed by atoms with Crippen LogP contribution in [0.5, 0.6) is 0 Å². The van der Waals surface area contributed by atoms with Crippen LogP contribution in [0.15, 0.2) is 83.8 Å². The summed E-state index contributed by atoms with van der Waals surface area (Å²) < 4.78 is 29.1. The second-order valence-electron chi connectivity index (χ2n) is 11.7. The Hall–Kier alpha value is -3.35. The van der Waals surface area contributed by atoms with Crippen LogP contribution in [0.4, 0.5) is 11.4 Å². The molecule has 0 bridgehead atoms. The van der Waals surface area contributed by atoms with E-state index in [9.17, 15) is 18.5 Å². The van der Waals surface area contributed by atoms with Crippen LogP contribution in [0.25, 0.3) is 0 Å². The average Bonchev–Trinajstić information content (AvgIpc) is 2.97. The number of nitro benzene ring substituents is 1. The third-order valence-electron chi connectivity index (χ3n) is 7.37. The lowest BCUT2D eigenvalue weighted by molar-refractivity contribution is -0.384. The van der Waals surface area contributed by atoms with Gasteiger partial charge >= 0.3 is 0 Å². The molecule has 0 aliphatic rings. The van der Waals surface area contributed by atoms with Gasteiger partial charge in [0.25, 0.3) is 5.69 Å². The molecule has 240 valence electrons. The summed E-state index contributed by atoms with van der Waals surface area (Å²) in [6.45, 7) is 4.42. The van der Waals surface area contributed by atoms with Gasteiger partial charge < -0.3 is 20.0 Å². The lowest BCUT2D eigenvalue weighted by Gasteiger charge is -2.24. The molecule has 0 spiro atoms. The first-order valence-electron chi connectivity index (χ1n) is 15.2. The van der Waals surface area contributed by atoms with Crippen molar-refractivity contribution in [3.63, 3.8) is 0 Å². The van der Waals surface area contributed by atoms with Crippen LogP contribution in [0.2, 0.25) is 0 Å². The zero-order valence-electron chi connectivity index (χ0n) is 26.5. The molecule has 44 heavy (non-hydrogen) atoms. The molecule has 0 fully saturated rings. The third-order valence-corrected chi connectivity index (χ3v) is 8.82. The summed E-state index contributed by atoms with van der Waals surface area (Å²) in [5, 5.41) is 15.5. The minimum Gasteiger partial charge on any atom is -0.376 e. The minimum absolute atomic E-state index is 0.121. The number of hydrogen-bond acceptors (Lipinski definition) is 8. The first-order valence-corrected chi connectivity index (χ1v) is 16.7. The van der Waals surface area contributed by atoms with Crippen LogP contribution >= 0.6 is 0 Å². The number of hydrogen-bond donors (Lipinski definition) is 2. The van der Waals surface area contributed by atoms with E-state index in [4.69, 9.17) is 0 Å². The largest absolute Gasteiger partial charge is 0.376 e. The first kappa shape index (κ1) is 35.1. The summed E-state index contributed by atoms with van der Waals surface area (Å²) in [5.74, 6) is 0. The van der Waals surface area contributed by atoms with E-state index in [0.29, 0.717) is 25.1 Å². The van der Waals surface area contributed by atoms with Crippen molar-refractivity contribution in [3.8, 4) is 0 Å². The standard InChI is InChI=1S/C33H48N6O4S/c1-36(2)20-11-22-38(23-12-21-37(3)4)24-19-34-44(42,43)31-17-18-32(33(27-31)39(40)41)35-30(25-28-13-7-5-8-14-28)26-29-15-9-6-10-16-29/h5-10,13-18,27,30,34-35H,11-12,19-26H2,1-4H3. The Bertz CT molecular complexity index is 1330. The highest BCUT2D eigenvalue weighted by Gasteiger charge is 2.23. The van der Waals surface area contributed by atoms with E-state index < -0.39 is 14.9 Å². The van der Waals surface area contributed by atoms with Crippen molar-refractivity contribution in [2.45, 2.75) is 36.6 Å². The fourth-order valence-electron chi connectivity index (χ4n) is 5.12. The van der Waals surface area contributed by atoms with E-state index in [0.717, 1.165) is 56.2 Å². The van der Waals surface area contributed by atoms with E-state index in [1.54, 1.807) is 0 Å². The highest BCUT2D eigenvalue weighted by Crippen LogP contribution is 2.29. The number of nitrogens with one attached hydrogen (secondary N) is 2. The smallest absolute Gasteiger partial charge is 0.293 e. The molecule has 0 heterocycles. The molecule has 0 saturated heterocycles. The van der Waals surface area contributed by atoms with E-state index >= 15 is 0 Å². The molecule has 0 amide bonds. The predicted molar refractivity (Wildman–Crippen MR) is 179 cm³/mol. The van der Waals surface area contributed by atoms with Gasteiger partial charge in [0, 0.05) is 25.2 Å². The summed E-state index contributed by atoms with van der Waals surface area (Å²) in [6.07, 6.45) is 3.26. The number of sulfonamides is 1. The van der Waals surface area contributed by atoms with Crippen molar-refractivity contribution in [2.24, 2.45) is 0 Å². The fourth-order valence-corrected chi connectivity index (χ4v) is 6.16. The van der Waals surface area contributed by atoms with Gasteiger partial charge in [0.1, 0.15) is 5.69 Å². The van der Waals surface area contributed by atoms with Gasteiger partial charge in [0.2, 0.25) is 10.0 Å². The van der Waals surface area contributed by atoms with Crippen molar-refractivity contribution in [3.05, 3.63) is 100 Å². The zero-order chi connectivity index (χ0) is 32.0. The molecule has 3 aromatic carbocycles. The summed E-state index contributed by atoms with van der Waals surface area (Å²) in [4.78, 5) is 18.0. The summed E-state index contributed by atoms with van der Waals surface area (Å²) in [6, 6.07) is 23.8. The molecule has 0 aliphatic heterocycles. The maximum absolute atomic E-state index is 13.2. The van der Waals surface area contributed by atoms with E-state index in [-0.39, 0.29) is 23.2 Å². The quantitative estimate of drug-likeness (QED) is 0.141. The van der Waals surface area contributed by atoms with Crippen LogP contribution in [-0.2, 0) is 22.9 Å². The van der Waals surface area contributed by atoms with Crippen LogP contribution in [0.3, 0.4) is 0 Å². The van der Waals surface area contributed by atoms with Crippen LogP contribution in [0.1, 0.15) is 24.0 Å². The van der Waals surface area contributed by atoms with Crippen molar-refractivity contribution >= 4 is 21.4 Å². The predicted octanol–water partition coefficient (Wildman–Crippen LogP) is 4.34. The second kappa shape index (κ2) is 17.8. The molecule has 0 unspecified atom stereocenters. The van der Waals surface area contributed by atoms with Gasteiger partial charge in [0.05, 0.1) is 9.82 Å². The van der Waals surface area contributed by atoms with Gasteiger partial charge in [0.15, 0.2) is 0 Å². The number of nitro groups is 1. The summed E-state index contributed by atoms with van der Waals surface area (Å²) in [7, 11) is 4.21. The molecule has 11 heteroatoms. The van der Waals surface area contributed by atoms with Gasteiger partial charge in [-0.2, -0.15) is 0 Å². The Balaban J connectivity index is 1.72. The van der Waals surface area contributed by atoms with Gasteiger partial charge in [-0.05, 0) is 103 Å².